The fourth-order valence-corrected chi connectivity index (χ4v) is 1.57. The Balaban J connectivity index is 2.69. The standard InChI is InChI=1S/C10H17N5OS/c1-3-12-8-6-9(13-5-4-7(11)16)15-10(14-8)17-2/h6H,3-5H2,1-2H3,(H2,11,16)(H2,12,13,14,15). The van der Waals surface area contributed by atoms with Crippen LogP contribution >= 0.6 is 11.8 Å². The van der Waals surface area contributed by atoms with Gasteiger partial charge in [-0.25, -0.2) is 9.97 Å². The highest BCUT2D eigenvalue weighted by Crippen LogP contribution is 2.16. The largest absolute Gasteiger partial charge is 0.370 e. The molecule has 0 saturated carbocycles. The lowest BCUT2D eigenvalue weighted by atomic mass is 10.4. The molecule has 0 aliphatic carbocycles. The average Bonchev–Trinajstić information content (AvgIpc) is 2.28. The van der Waals surface area contributed by atoms with Crippen LogP contribution in [0.3, 0.4) is 0 Å². The highest BCUT2D eigenvalue weighted by Gasteiger charge is 2.03. The van der Waals surface area contributed by atoms with Crippen molar-refractivity contribution in [3.63, 3.8) is 0 Å². The summed E-state index contributed by atoms with van der Waals surface area (Å²) in [7, 11) is 0. The summed E-state index contributed by atoms with van der Waals surface area (Å²) < 4.78 is 0. The Morgan fingerprint density at radius 2 is 2.06 bits per heavy atom. The third-order valence-corrected chi connectivity index (χ3v) is 2.47. The maximum Gasteiger partial charge on any atom is 0.219 e. The van der Waals surface area contributed by atoms with E-state index >= 15 is 0 Å². The van der Waals surface area contributed by atoms with Crippen LogP contribution in [0.5, 0.6) is 0 Å². The summed E-state index contributed by atoms with van der Waals surface area (Å²) in [5.41, 5.74) is 5.06. The van der Waals surface area contributed by atoms with Gasteiger partial charge in [-0.15, -0.1) is 0 Å². The van der Waals surface area contributed by atoms with Crippen LogP contribution in [0, 0.1) is 0 Å². The van der Waals surface area contributed by atoms with Crippen LogP contribution in [0.1, 0.15) is 13.3 Å². The predicted octanol–water partition coefficient (Wildman–Crippen LogP) is 0.918. The van der Waals surface area contributed by atoms with E-state index in [0.29, 0.717) is 17.5 Å². The van der Waals surface area contributed by atoms with Crippen molar-refractivity contribution in [1.82, 2.24) is 9.97 Å². The van der Waals surface area contributed by atoms with Gasteiger partial charge in [0.1, 0.15) is 11.6 Å². The molecule has 94 valence electrons. The van der Waals surface area contributed by atoms with E-state index in [0.717, 1.165) is 12.4 Å². The van der Waals surface area contributed by atoms with Gasteiger partial charge >= 0.3 is 0 Å². The zero-order chi connectivity index (χ0) is 12.7. The van der Waals surface area contributed by atoms with Gasteiger partial charge in [-0.05, 0) is 13.2 Å². The van der Waals surface area contributed by atoms with Crippen LogP contribution in [-0.4, -0.2) is 35.2 Å². The van der Waals surface area contributed by atoms with Crippen LogP contribution in [0.25, 0.3) is 0 Å². The maximum absolute atomic E-state index is 10.6. The topological polar surface area (TPSA) is 92.9 Å². The monoisotopic (exact) mass is 255 g/mol. The number of nitrogens with two attached hydrogens (primary N) is 1. The molecular formula is C10H17N5OS. The van der Waals surface area contributed by atoms with Crippen LogP contribution in [0.4, 0.5) is 11.6 Å². The van der Waals surface area contributed by atoms with Gasteiger partial charge in [0, 0.05) is 25.6 Å². The molecule has 0 atom stereocenters. The summed E-state index contributed by atoms with van der Waals surface area (Å²) in [6.45, 7) is 3.28. The second-order valence-electron chi connectivity index (χ2n) is 3.30. The first-order chi connectivity index (χ1) is 8.15. The summed E-state index contributed by atoms with van der Waals surface area (Å²) in [4.78, 5) is 19.2. The molecule has 1 aromatic heterocycles. The van der Waals surface area contributed by atoms with Crippen molar-refractivity contribution in [2.45, 2.75) is 18.5 Å². The van der Waals surface area contributed by atoms with Crippen molar-refractivity contribution >= 4 is 29.3 Å². The fourth-order valence-electron chi connectivity index (χ4n) is 1.19. The molecule has 4 N–H and O–H groups in total. The average molecular weight is 255 g/mol. The van der Waals surface area contributed by atoms with Gasteiger partial charge in [-0.2, -0.15) is 0 Å². The number of primary amides is 1. The minimum absolute atomic E-state index is 0.287. The number of carbonyl (C=O) groups is 1. The predicted molar refractivity (Wildman–Crippen MR) is 70.3 cm³/mol. The number of hydrogen-bond acceptors (Lipinski definition) is 6. The van der Waals surface area contributed by atoms with E-state index in [-0.39, 0.29) is 12.3 Å². The quantitative estimate of drug-likeness (QED) is 0.495. The molecule has 0 radical (unpaired) electrons. The highest BCUT2D eigenvalue weighted by molar-refractivity contribution is 7.98. The number of amides is 1. The maximum atomic E-state index is 10.6. The van der Waals surface area contributed by atoms with E-state index in [9.17, 15) is 4.79 Å². The van der Waals surface area contributed by atoms with Gasteiger partial charge in [-0.3, -0.25) is 4.79 Å². The molecule has 0 fully saturated rings. The summed E-state index contributed by atoms with van der Waals surface area (Å²) in [6.07, 6.45) is 2.20. The molecule has 0 aliphatic heterocycles. The van der Waals surface area contributed by atoms with Crippen LogP contribution < -0.4 is 16.4 Å². The lowest BCUT2D eigenvalue weighted by molar-refractivity contribution is -0.117. The van der Waals surface area contributed by atoms with Gasteiger partial charge < -0.3 is 16.4 Å². The van der Waals surface area contributed by atoms with Crippen molar-refractivity contribution in [2.75, 3.05) is 30.0 Å². The van der Waals surface area contributed by atoms with Crippen LogP contribution in [0.2, 0.25) is 0 Å². The van der Waals surface area contributed by atoms with E-state index in [1.165, 1.54) is 11.8 Å². The Hall–Kier alpha value is -1.50. The molecule has 0 unspecified atom stereocenters. The number of thioether (sulfide) groups is 1. The van der Waals surface area contributed by atoms with E-state index < -0.39 is 0 Å². The van der Waals surface area contributed by atoms with Crippen LogP contribution in [-0.2, 0) is 4.79 Å². The molecule has 0 aromatic carbocycles. The van der Waals surface area contributed by atoms with E-state index in [1.54, 1.807) is 0 Å². The number of hydrogen-bond donors (Lipinski definition) is 3. The summed E-state index contributed by atoms with van der Waals surface area (Å²) in [5, 5.41) is 6.86. The first kappa shape index (κ1) is 13.6. The number of nitrogens with zero attached hydrogens (tertiary/aromatic N) is 2. The Morgan fingerprint density at radius 1 is 1.41 bits per heavy atom. The number of aromatic nitrogens is 2. The number of carbonyl (C=O) groups excluding carboxylic acids is 1. The molecule has 7 heteroatoms. The Bertz CT molecular complexity index is 385. The smallest absolute Gasteiger partial charge is 0.219 e. The molecular weight excluding hydrogens is 238 g/mol. The molecule has 1 rings (SSSR count). The third kappa shape index (κ3) is 4.90. The van der Waals surface area contributed by atoms with Gasteiger partial charge in [-0.1, -0.05) is 11.8 Å². The van der Waals surface area contributed by atoms with Gasteiger partial charge in [0.25, 0.3) is 0 Å². The minimum Gasteiger partial charge on any atom is -0.370 e. The fraction of sp³-hybridized carbons (Fsp3) is 0.500. The summed E-state index contributed by atoms with van der Waals surface area (Å²) >= 11 is 1.47. The number of anilines is 2. The molecule has 17 heavy (non-hydrogen) atoms. The zero-order valence-corrected chi connectivity index (χ0v) is 10.8. The molecule has 1 heterocycles. The summed E-state index contributed by atoms with van der Waals surface area (Å²) in [5.74, 6) is 1.14. The second kappa shape index (κ2) is 6.95. The zero-order valence-electron chi connectivity index (χ0n) is 9.99. The highest BCUT2D eigenvalue weighted by atomic mass is 32.2. The molecule has 0 spiro atoms. The Kier molecular flexibility index (Phi) is 5.55. The van der Waals surface area contributed by atoms with E-state index in [2.05, 4.69) is 20.6 Å². The first-order valence-corrected chi connectivity index (χ1v) is 6.57. The summed E-state index contributed by atoms with van der Waals surface area (Å²) in [6, 6.07) is 1.81. The molecule has 0 saturated heterocycles. The number of nitrogens with one attached hydrogen (secondary N) is 2. The molecule has 1 amide bonds. The molecule has 6 nitrogen and oxygen atoms in total. The van der Waals surface area contributed by atoms with Gasteiger partial charge in [0.05, 0.1) is 0 Å². The minimum atomic E-state index is -0.330. The second-order valence-corrected chi connectivity index (χ2v) is 4.07. The molecule has 1 aromatic rings. The van der Waals surface area contributed by atoms with E-state index in [4.69, 9.17) is 5.73 Å². The van der Waals surface area contributed by atoms with Crippen molar-refractivity contribution in [1.29, 1.82) is 0 Å². The number of rotatable bonds is 7. The lowest BCUT2D eigenvalue weighted by Crippen LogP contribution is -2.16. The lowest BCUT2D eigenvalue weighted by Gasteiger charge is -2.08. The Labute approximate surface area is 105 Å². The van der Waals surface area contributed by atoms with Gasteiger partial charge in [0.2, 0.25) is 5.91 Å². The SMILES string of the molecule is CCNc1cc(NCCC(N)=O)nc(SC)n1. The van der Waals surface area contributed by atoms with Crippen molar-refractivity contribution in [3.8, 4) is 0 Å². The first-order valence-electron chi connectivity index (χ1n) is 5.34. The molecule has 0 aliphatic rings. The normalized spacial score (nSPS) is 10.0. The van der Waals surface area contributed by atoms with Crippen LogP contribution in [0.15, 0.2) is 11.2 Å². The van der Waals surface area contributed by atoms with Crippen molar-refractivity contribution in [2.24, 2.45) is 5.73 Å². The molecule has 0 bridgehead atoms. The Morgan fingerprint density at radius 3 is 2.59 bits per heavy atom. The van der Waals surface area contributed by atoms with Crippen molar-refractivity contribution in [3.05, 3.63) is 6.07 Å². The van der Waals surface area contributed by atoms with Gasteiger partial charge in [0.15, 0.2) is 5.16 Å². The van der Waals surface area contributed by atoms with E-state index in [1.807, 2.05) is 19.2 Å². The third-order valence-electron chi connectivity index (χ3n) is 1.92. The van der Waals surface area contributed by atoms with Crippen molar-refractivity contribution < 1.29 is 4.79 Å².